The number of carbonyl (C=O) groups is 1. The Morgan fingerprint density at radius 3 is 2.18 bits per heavy atom. The zero-order chi connectivity index (χ0) is 32.0. The van der Waals surface area contributed by atoms with E-state index in [1.54, 1.807) is 54.7 Å². The number of hydrogen-bond donors (Lipinski definition) is 3. The third-order valence-electron chi connectivity index (χ3n) is 7.21. The van der Waals surface area contributed by atoms with Gasteiger partial charge in [-0.2, -0.15) is 0 Å². The van der Waals surface area contributed by atoms with E-state index in [-0.39, 0.29) is 10.8 Å². The zero-order valence-corrected chi connectivity index (χ0v) is 26.6. The summed E-state index contributed by atoms with van der Waals surface area (Å²) in [7, 11) is -6.70. The van der Waals surface area contributed by atoms with Gasteiger partial charge < -0.3 is 15.4 Å². The SMILES string of the molecule is CS(=O)(=O)Nc1ccc(Oc2ccc(CN3CCC(Nc4ccc(C(=O)Nc5cccc(S(C)(=O)=O)c5)cc4)CC3)cn2)cc1. The molecule has 13 heteroatoms. The number of benzene rings is 3. The van der Waals surface area contributed by atoms with E-state index in [1.165, 1.54) is 12.1 Å². The summed E-state index contributed by atoms with van der Waals surface area (Å²) >= 11 is 0. The van der Waals surface area contributed by atoms with Gasteiger partial charge in [0.1, 0.15) is 5.75 Å². The van der Waals surface area contributed by atoms with E-state index in [9.17, 15) is 21.6 Å². The first-order chi connectivity index (χ1) is 21.4. The van der Waals surface area contributed by atoms with Crippen LogP contribution in [0.15, 0.2) is 96.0 Å². The second kappa shape index (κ2) is 13.7. The van der Waals surface area contributed by atoms with Crippen LogP contribution < -0.4 is 20.1 Å². The normalized spacial score (nSPS) is 14.4. The van der Waals surface area contributed by atoms with E-state index in [4.69, 9.17) is 4.74 Å². The van der Waals surface area contributed by atoms with Gasteiger partial charge in [0.15, 0.2) is 9.84 Å². The fourth-order valence-electron chi connectivity index (χ4n) is 4.95. The minimum Gasteiger partial charge on any atom is -0.439 e. The summed E-state index contributed by atoms with van der Waals surface area (Å²) < 4.78 is 54.5. The number of nitrogens with zero attached hydrogens (tertiary/aromatic N) is 2. The zero-order valence-electron chi connectivity index (χ0n) is 24.9. The van der Waals surface area contributed by atoms with Crippen LogP contribution in [0.1, 0.15) is 28.8 Å². The Bertz CT molecular complexity index is 1840. The van der Waals surface area contributed by atoms with Gasteiger partial charge in [-0.25, -0.2) is 21.8 Å². The average molecular weight is 650 g/mol. The molecule has 4 aromatic rings. The van der Waals surface area contributed by atoms with Crippen molar-refractivity contribution in [3.05, 3.63) is 102 Å². The average Bonchev–Trinajstić information content (AvgIpc) is 2.99. The molecule has 3 N–H and O–H groups in total. The summed E-state index contributed by atoms with van der Waals surface area (Å²) in [6, 6.07) is 24.2. The number of aromatic nitrogens is 1. The number of likely N-dealkylation sites (tertiary alicyclic amines) is 1. The van der Waals surface area contributed by atoms with Gasteiger partial charge in [-0.15, -0.1) is 0 Å². The predicted octanol–water partition coefficient (Wildman–Crippen LogP) is 4.98. The van der Waals surface area contributed by atoms with Crippen LogP contribution in [-0.2, 0) is 26.4 Å². The minimum absolute atomic E-state index is 0.151. The first-order valence-electron chi connectivity index (χ1n) is 14.3. The highest BCUT2D eigenvalue weighted by molar-refractivity contribution is 7.92. The minimum atomic E-state index is -3.37. The Labute approximate surface area is 263 Å². The maximum atomic E-state index is 12.7. The van der Waals surface area contributed by atoms with Crippen molar-refractivity contribution in [1.29, 1.82) is 0 Å². The van der Waals surface area contributed by atoms with Crippen molar-refractivity contribution >= 4 is 42.8 Å². The van der Waals surface area contributed by atoms with Gasteiger partial charge in [0.25, 0.3) is 5.91 Å². The summed E-state index contributed by atoms with van der Waals surface area (Å²) in [5.41, 5.74) is 3.38. The third kappa shape index (κ3) is 9.51. The van der Waals surface area contributed by atoms with Crippen LogP contribution in [0.3, 0.4) is 0 Å². The molecule has 3 aromatic carbocycles. The molecule has 0 aliphatic carbocycles. The first kappa shape index (κ1) is 31.9. The number of ether oxygens (including phenoxy) is 1. The molecule has 1 aromatic heterocycles. The number of pyridine rings is 1. The Kier molecular flexibility index (Phi) is 9.71. The molecule has 0 spiro atoms. The van der Waals surface area contributed by atoms with Crippen LogP contribution >= 0.6 is 0 Å². The number of amides is 1. The fraction of sp³-hybridized carbons (Fsp3) is 0.250. The maximum absolute atomic E-state index is 12.7. The van der Waals surface area contributed by atoms with Crippen LogP contribution in [0, 0.1) is 0 Å². The first-order valence-corrected chi connectivity index (χ1v) is 18.1. The van der Waals surface area contributed by atoms with Crippen LogP contribution in [-0.4, -0.2) is 64.3 Å². The topological polar surface area (TPSA) is 147 Å². The number of piperidine rings is 1. The van der Waals surface area contributed by atoms with Gasteiger partial charge in [0, 0.05) is 66.8 Å². The summed E-state index contributed by atoms with van der Waals surface area (Å²) in [6.45, 7) is 2.64. The molecule has 0 atom stereocenters. The number of nitrogens with one attached hydrogen (secondary N) is 3. The molecular weight excluding hydrogens is 615 g/mol. The molecule has 0 unspecified atom stereocenters. The van der Waals surface area contributed by atoms with E-state index in [2.05, 4.69) is 25.2 Å². The molecule has 45 heavy (non-hydrogen) atoms. The fourth-order valence-corrected chi connectivity index (χ4v) is 6.18. The highest BCUT2D eigenvalue weighted by Crippen LogP contribution is 2.24. The molecule has 0 radical (unpaired) electrons. The van der Waals surface area contributed by atoms with Gasteiger partial charge >= 0.3 is 0 Å². The van der Waals surface area contributed by atoms with Gasteiger partial charge in [-0.3, -0.25) is 14.4 Å². The molecule has 1 aliphatic heterocycles. The number of carbonyl (C=O) groups excluding carboxylic acids is 1. The standard InChI is InChI=1S/C32H35N5O6S2/c1-44(39,40)30-5-3-4-28(20-30)35-32(38)24-7-9-25(10-8-24)34-26-16-18-37(19-17-26)22-23-6-15-31(33-21-23)43-29-13-11-27(12-14-29)36-45(2,41)42/h3-15,20-21,26,34,36H,16-19,22H2,1-2H3,(H,35,38). The van der Waals surface area contributed by atoms with Crippen LogP contribution in [0.4, 0.5) is 17.1 Å². The third-order valence-corrected chi connectivity index (χ3v) is 8.93. The molecule has 5 rings (SSSR count). The molecule has 1 amide bonds. The van der Waals surface area contributed by atoms with Crippen LogP contribution in [0.5, 0.6) is 11.6 Å². The van der Waals surface area contributed by atoms with E-state index in [0.29, 0.717) is 34.6 Å². The molecule has 1 fully saturated rings. The van der Waals surface area contributed by atoms with Crippen molar-refractivity contribution in [2.24, 2.45) is 0 Å². The predicted molar refractivity (Wildman–Crippen MR) is 175 cm³/mol. The summed E-state index contributed by atoms with van der Waals surface area (Å²) in [5, 5.41) is 6.32. The summed E-state index contributed by atoms with van der Waals surface area (Å²) in [4.78, 5) is 19.7. The van der Waals surface area contributed by atoms with Crippen molar-refractivity contribution in [3.63, 3.8) is 0 Å². The molecule has 1 aliphatic rings. The monoisotopic (exact) mass is 649 g/mol. The molecule has 236 valence electrons. The molecule has 1 saturated heterocycles. The van der Waals surface area contributed by atoms with E-state index in [0.717, 1.165) is 56.2 Å². The molecule has 2 heterocycles. The largest absolute Gasteiger partial charge is 0.439 e. The Balaban J connectivity index is 1.06. The Hall–Kier alpha value is -4.46. The van der Waals surface area contributed by atoms with E-state index in [1.807, 2.05) is 24.3 Å². The van der Waals surface area contributed by atoms with Crippen molar-refractivity contribution < 1.29 is 26.4 Å². The highest BCUT2D eigenvalue weighted by atomic mass is 32.2. The lowest BCUT2D eigenvalue weighted by Gasteiger charge is -2.32. The van der Waals surface area contributed by atoms with Gasteiger partial charge in [-0.1, -0.05) is 12.1 Å². The van der Waals surface area contributed by atoms with Crippen molar-refractivity contribution in [2.75, 3.05) is 41.0 Å². The number of rotatable bonds is 11. The van der Waals surface area contributed by atoms with Gasteiger partial charge in [0.05, 0.1) is 11.2 Å². The number of sulfonamides is 1. The lowest BCUT2D eigenvalue weighted by atomic mass is 10.0. The quantitative estimate of drug-likeness (QED) is 0.205. The summed E-state index contributed by atoms with van der Waals surface area (Å²) in [5.74, 6) is 0.696. The molecule has 0 saturated carbocycles. The van der Waals surface area contributed by atoms with Crippen molar-refractivity contribution in [2.45, 2.75) is 30.3 Å². The number of sulfone groups is 1. The smallest absolute Gasteiger partial charge is 0.255 e. The lowest BCUT2D eigenvalue weighted by Crippen LogP contribution is -2.38. The number of hydrogen-bond acceptors (Lipinski definition) is 9. The highest BCUT2D eigenvalue weighted by Gasteiger charge is 2.20. The van der Waals surface area contributed by atoms with Crippen LogP contribution in [0.2, 0.25) is 0 Å². The van der Waals surface area contributed by atoms with Crippen molar-refractivity contribution in [1.82, 2.24) is 9.88 Å². The lowest BCUT2D eigenvalue weighted by molar-refractivity contribution is 0.102. The second-order valence-electron chi connectivity index (χ2n) is 11.0. The van der Waals surface area contributed by atoms with Crippen molar-refractivity contribution in [3.8, 4) is 11.6 Å². The van der Waals surface area contributed by atoms with E-state index < -0.39 is 19.9 Å². The van der Waals surface area contributed by atoms with E-state index >= 15 is 0 Å². The van der Waals surface area contributed by atoms with Crippen LogP contribution in [0.25, 0.3) is 0 Å². The molecule has 0 bridgehead atoms. The second-order valence-corrected chi connectivity index (χ2v) is 14.8. The Morgan fingerprint density at radius 1 is 0.867 bits per heavy atom. The summed E-state index contributed by atoms with van der Waals surface area (Å²) in [6.07, 6.45) is 5.98. The molecular formula is C32H35N5O6S2. The number of anilines is 3. The van der Waals surface area contributed by atoms with Gasteiger partial charge in [-0.05, 0) is 85.1 Å². The molecule has 11 nitrogen and oxygen atoms in total. The Morgan fingerprint density at radius 2 is 1.56 bits per heavy atom. The maximum Gasteiger partial charge on any atom is 0.255 e. The van der Waals surface area contributed by atoms with Gasteiger partial charge in [0.2, 0.25) is 15.9 Å².